The number of allylic oxidation sites excluding steroid dienone is 4. The summed E-state index contributed by atoms with van der Waals surface area (Å²) in [7, 11) is 0. The van der Waals surface area contributed by atoms with Gasteiger partial charge in [-0.1, -0.05) is 37.3 Å². The summed E-state index contributed by atoms with van der Waals surface area (Å²) in [5.74, 6) is -1.84. The number of carbonyl (C=O) groups excluding carboxylic acids is 2. The SMILES string of the molecule is Cc1cc(SCc2ccc([C@@H]3O[C@@H]4C[C@H]5[C@@H]6C[C@H](F)C7=CC(=O)C=C[C@]7(C)[C@@]6(F)[C@@H](O)C[C@]5(C)[C@]4(C(=O)CO)O3)cc2)ccc1NC(C)C. The number of carbonyl (C=O) groups is 2. The van der Waals surface area contributed by atoms with Gasteiger partial charge in [-0.25, -0.2) is 8.78 Å². The van der Waals surface area contributed by atoms with Crippen LogP contribution in [0.3, 0.4) is 0 Å². The molecule has 1 aliphatic heterocycles. The molecular formula is C39H45F2NO6S. The summed E-state index contributed by atoms with van der Waals surface area (Å²) >= 11 is 1.73. The second-order valence-corrected chi connectivity index (χ2v) is 16.3. The Morgan fingerprint density at radius 1 is 1.12 bits per heavy atom. The van der Waals surface area contributed by atoms with Gasteiger partial charge < -0.3 is 25.0 Å². The number of aliphatic hydroxyl groups excluding tert-OH is 2. The summed E-state index contributed by atoms with van der Waals surface area (Å²) in [5, 5.41) is 25.4. The summed E-state index contributed by atoms with van der Waals surface area (Å²) in [6.07, 6.45) is -1.34. The molecule has 1 saturated heterocycles. The third-order valence-corrected chi connectivity index (χ3v) is 13.3. The predicted octanol–water partition coefficient (Wildman–Crippen LogP) is 6.75. The van der Waals surface area contributed by atoms with Crippen molar-refractivity contribution in [1.82, 2.24) is 0 Å². The lowest BCUT2D eigenvalue weighted by atomic mass is 9.44. The Morgan fingerprint density at radius 3 is 2.53 bits per heavy atom. The first kappa shape index (κ1) is 34.6. The van der Waals surface area contributed by atoms with Gasteiger partial charge in [-0.3, -0.25) is 9.59 Å². The van der Waals surface area contributed by atoms with E-state index in [1.807, 2.05) is 24.3 Å². The Balaban J connectivity index is 1.12. The minimum Gasteiger partial charge on any atom is -0.390 e. The van der Waals surface area contributed by atoms with Gasteiger partial charge in [0.2, 0.25) is 0 Å². The zero-order valence-electron chi connectivity index (χ0n) is 28.5. The average molecular weight is 694 g/mol. The van der Waals surface area contributed by atoms with Crippen LogP contribution in [0.1, 0.15) is 69.9 Å². The van der Waals surface area contributed by atoms with Gasteiger partial charge in [0, 0.05) is 44.7 Å². The molecule has 0 unspecified atom stereocenters. The number of alkyl halides is 2. The minimum absolute atomic E-state index is 0.0436. The maximum Gasteiger partial charge on any atom is 0.193 e. The molecule has 2 aromatic carbocycles. The zero-order valence-corrected chi connectivity index (χ0v) is 29.4. The van der Waals surface area contributed by atoms with Crippen LogP contribution in [0.4, 0.5) is 14.5 Å². The Kier molecular flexibility index (Phi) is 8.54. The molecule has 7 rings (SSSR count). The number of aryl methyl sites for hydroxylation is 1. The summed E-state index contributed by atoms with van der Waals surface area (Å²) in [6, 6.07) is 14.5. The number of thioether (sulfide) groups is 1. The molecule has 262 valence electrons. The van der Waals surface area contributed by atoms with Crippen molar-refractivity contribution in [3.05, 3.63) is 83.0 Å². The first-order valence-corrected chi connectivity index (χ1v) is 18.2. The largest absolute Gasteiger partial charge is 0.390 e. The third kappa shape index (κ3) is 5.03. The van der Waals surface area contributed by atoms with E-state index in [-0.39, 0.29) is 24.8 Å². The molecule has 0 bridgehead atoms. The van der Waals surface area contributed by atoms with E-state index in [4.69, 9.17) is 9.47 Å². The van der Waals surface area contributed by atoms with Crippen LogP contribution >= 0.6 is 11.8 Å². The Morgan fingerprint density at radius 2 is 1.86 bits per heavy atom. The van der Waals surface area contributed by atoms with Crippen molar-refractivity contribution >= 4 is 29.0 Å². The van der Waals surface area contributed by atoms with Crippen molar-refractivity contribution in [2.45, 2.75) is 107 Å². The second kappa shape index (κ2) is 12.1. The number of rotatable bonds is 8. The van der Waals surface area contributed by atoms with E-state index < -0.39 is 76.8 Å². The van der Waals surface area contributed by atoms with Crippen LogP contribution in [0.5, 0.6) is 0 Å². The smallest absolute Gasteiger partial charge is 0.193 e. The van der Waals surface area contributed by atoms with Crippen molar-refractivity contribution in [3.8, 4) is 0 Å². The molecule has 49 heavy (non-hydrogen) atoms. The predicted molar refractivity (Wildman–Crippen MR) is 183 cm³/mol. The normalized spacial score (nSPS) is 39.2. The summed E-state index contributed by atoms with van der Waals surface area (Å²) in [6.45, 7) is 8.83. The molecule has 0 aromatic heterocycles. The number of fused-ring (bicyclic) bond motifs is 7. The number of benzene rings is 2. The van der Waals surface area contributed by atoms with Crippen LogP contribution in [-0.4, -0.2) is 64.1 Å². The zero-order chi connectivity index (χ0) is 35.1. The van der Waals surface area contributed by atoms with Crippen LogP contribution in [0, 0.1) is 29.6 Å². The monoisotopic (exact) mass is 693 g/mol. The molecule has 4 aliphatic carbocycles. The number of anilines is 1. The van der Waals surface area contributed by atoms with E-state index in [0.717, 1.165) is 28.0 Å². The molecule has 0 amide bonds. The molecule has 5 aliphatic rings. The minimum atomic E-state index is -2.29. The number of hydrogen-bond donors (Lipinski definition) is 3. The number of hydrogen-bond acceptors (Lipinski definition) is 8. The van der Waals surface area contributed by atoms with Gasteiger partial charge in [-0.05, 0) is 99.9 Å². The quantitative estimate of drug-likeness (QED) is 0.261. The van der Waals surface area contributed by atoms with Crippen molar-refractivity contribution in [2.24, 2.45) is 22.7 Å². The van der Waals surface area contributed by atoms with Gasteiger partial charge in [0.05, 0.1) is 12.2 Å². The lowest BCUT2D eigenvalue weighted by Crippen LogP contribution is -2.70. The molecule has 0 spiro atoms. The maximum absolute atomic E-state index is 17.6. The maximum atomic E-state index is 17.6. The van der Waals surface area contributed by atoms with Crippen LogP contribution in [0.15, 0.2) is 71.2 Å². The Bertz CT molecular complexity index is 1730. The fourth-order valence-electron chi connectivity index (χ4n) is 9.85. The third-order valence-electron chi connectivity index (χ3n) is 12.2. The summed E-state index contributed by atoms with van der Waals surface area (Å²) < 4.78 is 46.5. The number of ketones is 2. The highest BCUT2D eigenvalue weighted by atomic mass is 32.2. The van der Waals surface area contributed by atoms with Crippen molar-refractivity contribution in [2.75, 3.05) is 11.9 Å². The highest BCUT2D eigenvalue weighted by Gasteiger charge is 2.80. The highest BCUT2D eigenvalue weighted by Crippen LogP contribution is 2.72. The van der Waals surface area contributed by atoms with Crippen molar-refractivity contribution < 1.29 is 38.1 Å². The van der Waals surface area contributed by atoms with Crippen LogP contribution in [0.25, 0.3) is 0 Å². The summed E-state index contributed by atoms with van der Waals surface area (Å²) in [4.78, 5) is 27.1. The lowest BCUT2D eigenvalue weighted by Gasteiger charge is -2.63. The number of Topliss-reactive ketones (excluding diaryl/α,β-unsaturated/α-hetero) is 1. The fraction of sp³-hybridized carbons (Fsp3) is 0.538. The molecule has 1 heterocycles. The van der Waals surface area contributed by atoms with Gasteiger partial charge in [0.1, 0.15) is 12.8 Å². The topological polar surface area (TPSA) is 105 Å². The van der Waals surface area contributed by atoms with Gasteiger partial charge in [-0.2, -0.15) is 0 Å². The van der Waals surface area contributed by atoms with Gasteiger partial charge in [0.15, 0.2) is 29.1 Å². The van der Waals surface area contributed by atoms with Gasteiger partial charge in [-0.15, -0.1) is 11.8 Å². The van der Waals surface area contributed by atoms with Gasteiger partial charge in [0.25, 0.3) is 0 Å². The highest BCUT2D eigenvalue weighted by molar-refractivity contribution is 7.98. The first-order chi connectivity index (χ1) is 23.2. The molecule has 7 nitrogen and oxygen atoms in total. The lowest BCUT2D eigenvalue weighted by molar-refractivity contribution is -0.235. The molecular weight excluding hydrogens is 648 g/mol. The molecule has 10 atom stereocenters. The number of nitrogens with one attached hydrogen (secondary N) is 1. The molecule has 3 N–H and O–H groups in total. The second-order valence-electron chi connectivity index (χ2n) is 15.3. The number of halogens is 2. The van der Waals surface area contributed by atoms with E-state index in [1.165, 1.54) is 17.7 Å². The molecule has 10 heteroatoms. The Labute approximate surface area is 290 Å². The number of aliphatic hydroxyl groups is 2. The summed E-state index contributed by atoms with van der Waals surface area (Å²) in [5.41, 5.74) is -2.50. The van der Waals surface area contributed by atoms with E-state index in [1.54, 1.807) is 25.6 Å². The standard InChI is InChI=1S/C39H45F2NO6S/c1-21(2)42-31-11-10-26(14-22(31)3)49-20-23-6-8-24(9-7-23)35-47-34-17-27-28-16-30(40)29-15-25(44)12-13-36(29,4)38(28,41)32(45)18-37(27,5)39(34,48-35)33(46)19-43/h6-15,21,27-28,30,32,34-35,42-43,45H,16-20H2,1-5H3/t27-,28-,30-,32-,34+,35+,36-,37-,38-,39+/m0/s1. The molecule has 2 aromatic rings. The Hall–Kier alpha value is -2.89. The molecule has 0 radical (unpaired) electrons. The van der Waals surface area contributed by atoms with E-state index in [9.17, 15) is 19.8 Å². The molecule has 3 saturated carbocycles. The average Bonchev–Trinajstić information content (AvgIpc) is 3.56. The van der Waals surface area contributed by atoms with Crippen LogP contribution in [-0.2, 0) is 24.8 Å². The van der Waals surface area contributed by atoms with E-state index in [0.29, 0.717) is 11.6 Å². The first-order valence-electron chi connectivity index (χ1n) is 17.2. The van der Waals surface area contributed by atoms with Crippen molar-refractivity contribution in [1.29, 1.82) is 0 Å². The molecule has 4 fully saturated rings. The van der Waals surface area contributed by atoms with E-state index in [2.05, 4.69) is 44.3 Å². The van der Waals surface area contributed by atoms with Crippen molar-refractivity contribution in [3.63, 3.8) is 0 Å². The number of ether oxygens (including phenoxy) is 2. The van der Waals surface area contributed by atoms with Crippen LogP contribution < -0.4 is 5.32 Å². The fourth-order valence-corrected chi connectivity index (χ4v) is 10.8. The van der Waals surface area contributed by atoms with Gasteiger partial charge >= 0.3 is 0 Å². The van der Waals surface area contributed by atoms with E-state index >= 15 is 8.78 Å². The van der Waals surface area contributed by atoms with Crippen LogP contribution in [0.2, 0.25) is 0 Å².